The Labute approximate surface area is 104 Å². The zero-order chi connectivity index (χ0) is 13.1. The number of aromatic carboxylic acids is 1. The molecule has 18 heavy (non-hydrogen) atoms. The maximum absolute atomic E-state index is 11.2. The van der Waals surface area contributed by atoms with Crippen LogP contribution in [-0.2, 0) is 6.54 Å². The number of benzene rings is 1. The fourth-order valence-corrected chi connectivity index (χ4v) is 2.02. The number of carboxylic acids is 1. The summed E-state index contributed by atoms with van der Waals surface area (Å²) in [7, 11) is 0. The van der Waals surface area contributed by atoms with E-state index in [1.807, 2.05) is 24.3 Å². The van der Waals surface area contributed by atoms with E-state index < -0.39 is 5.97 Å². The number of rotatable bonds is 5. The number of nitrogens with zero attached hydrogens (tertiary/aromatic N) is 1. The highest BCUT2D eigenvalue weighted by atomic mass is 16.4. The van der Waals surface area contributed by atoms with Gasteiger partial charge in [0, 0.05) is 36.6 Å². The summed E-state index contributed by atoms with van der Waals surface area (Å²) in [5, 5.41) is 28.2. The van der Waals surface area contributed by atoms with Crippen LogP contribution in [0.2, 0.25) is 0 Å². The zero-order valence-corrected chi connectivity index (χ0v) is 9.78. The van der Waals surface area contributed by atoms with Crippen LogP contribution in [-0.4, -0.2) is 39.1 Å². The van der Waals surface area contributed by atoms with Gasteiger partial charge in [0.1, 0.15) is 5.69 Å². The molecule has 0 unspecified atom stereocenters. The highest BCUT2D eigenvalue weighted by Gasteiger charge is 2.17. The van der Waals surface area contributed by atoms with E-state index in [2.05, 4.69) is 0 Å². The van der Waals surface area contributed by atoms with Crippen LogP contribution in [0.5, 0.6) is 0 Å². The van der Waals surface area contributed by atoms with E-state index >= 15 is 0 Å². The van der Waals surface area contributed by atoms with Gasteiger partial charge in [-0.25, -0.2) is 4.79 Å². The van der Waals surface area contributed by atoms with Gasteiger partial charge in [-0.05, 0) is 12.1 Å². The highest BCUT2D eigenvalue weighted by molar-refractivity contribution is 5.94. The lowest BCUT2D eigenvalue weighted by Gasteiger charge is -2.14. The van der Waals surface area contributed by atoms with E-state index in [1.54, 1.807) is 10.6 Å². The zero-order valence-electron chi connectivity index (χ0n) is 9.78. The van der Waals surface area contributed by atoms with Gasteiger partial charge < -0.3 is 19.9 Å². The van der Waals surface area contributed by atoms with Crippen molar-refractivity contribution in [2.45, 2.75) is 6.54 Å². The molecule has 2 rings (SSSR count). The Bertz CT molecular complexity index is 557. The lowest BCUT2D eigenvalue weighted by atomic mass is 10.1. The fourth-order valence-electron chi connectivity index (χ4n) is 2.02. The molecular weight excluding hydrogens is 234 g/mol. The lowest BCUT2D eigenvalue weighted by Crippen LogP contribution is -2.20. The normalized spacial score (nSPS) is 11.3. The van der Waals surface area contributed by atoms with Crippen molar-refractivity contribution >= 4 is 16.9 Å². The first kappa shape index (κ1) is 12.6. The Morgan fingerprint density at radius 1 is 1.22 bits per heavy atom. The third kappa shape index (κ3) is 2.23. The van der Waals surface area contributed by atoms with Crippen LogP contribution in [0.4, 0.5) is 0 Å². The Hall–Kier alpha value is -1.85. The molecule has 0 saturated heterocycles. The molecule has 0 aliphatic heterocycles. The third-order valence-electron chi connectivity index (χ3n) is 2.99. The first-order valence-electron chi connectivity index (χ1n) is 5.70. The number of aliphatic hydroxyl groups excluding tert-OH is 2. The van der Waals surface area contributed by atoms with Crippen LogP contribution in [0, 0.1) is 5.92 Å². The third-order valence-corrected chi connectivity index (χ3v) is 2.99. The second-order valence-electron chi connectivity index (χ2n) is 4.24. The van der Waals surface area contributed by atoms with E-state index in [-0.39, 0.29) is 31.4 Å². The summed E-state index contributed by atoms with van der Waals surface area (Å²) < 4.78 is 1.62. The highest BCUT2D eigenvalue weighted by Crippen LogP contribution is 2.21. The number of para-hydroxylation sites is 1. The lowest BCUT2D eigenvalue weighted by molar-refractivity contribution is 0.0679. The predicted octanol–water partition coefficient (Wildman–Crippen LogP) is 0.940. The quantitative estimate of drug-likeness (QED) is 0.736. The number of fused-ring (bicyclic) bond motifs is 1. The van der Waals surface area contributed by atoms with Crippen LogP contribution in [0.25, 0.3) is 10.9 Å². The van der Waals surface area contributed by atoms with E-state index in [0.717, 1.165) is 10.9 Å². The van der Waals surface area contributed by atoms with Gasteiger partial charge in [-0.15, -0.1) is 0 Å². The smallest absolute Gasteiger partial charge is 0.352 e. The van der Waals surface area contributed by atoms with Gasteiger partial charge in [-0.2, -0.15) is 0 Å². The average molecular weight is 249 g/mol. The Morgan fingerprint density at radius 3 is 2.50 bits per heavy atom. The fraction of sp³-hybridized carbons (Fsp3) is 0.308. The largest absolute Gasteiger partial charge is 0.477 e. The summed E-state index contributed by atoms with van der Waals surface area (Å²) in [4.78, 5) is 11.2. The number of carbonyl (C=O) groups is 1. The van der Waals surface area contributed by atoms with Gasteiger partial charge >= 0.3 is 5.97 Å². The molecule has 1 heterocycles. The molecule has 5 nitrogen and oxygen atoms in total. The van der Waals surface area contributed by atoms with Gasteiger partial charge in [0.05, 0.1) is 0 Å². The molecule has 1 aromatic carbocycles. The van der Waals surface area contributed by atoms with E-state index in [9.17, 15) is 9.90 Å². The maximum atomic E-state index is 11.2. The standard InChI is InChI=1S/C13H15NO4/c15-7-9(8-16)6-14-11-4-2-1-3-10(11)5-12(14)13(17)18/h1-5,9,15-16H,6-8H2,(H,17,18). The molecule has 0 spiro atoms. The van der Waals surface area contributed by atoms with Crippen LogP contribution < -0.4 is 0 Å². The average Bonchev–Trinajstić information content (AvgIpc) is 2.75. The van der Waals surface area contributed by atoms with Gasteiger partial charge in [0.2, 0.25) is 0 Å². The number of hydrogen-bond donors (Lipinski definition) is 3. The number of carboxylic acid groups (broad SMARTS) is 1. The van der Waals surface area contributed by atoms with Gasteiger partial charge in [-0.1, -0.05) is 18.2 Å². The molecule has 0 aliphatic rings. The molecule has 0 amide bonds. The summed E-state index contributed by atoms with van der Waals surface area (Å²) in [5.41, 5.74) is 0.963. The van der Waals surface area contributed by atoms with Crippen molar-refractivity contribution in [1.82, 2.24) is 4.57 Å². The first-order valence-corrected chi connectivity index (χ1v) is 5.70. The molecule has 3 N–H and O–H groups in total. The van der Waals surface area contributed by atoms with E-state index in [1.165, 1.54) is 0 Å². The van der Waals surface area contributed by atoms with E-state index in [0.29, 0.717) is 0 Å². The van der Waals surface area contributed by atoms with Crippen molar-refractivity contribution in [3.8, 4) is 0 Å². The summed E-state index contributed by atoms with van der Waals surface area (Å²) in [5.74, 6) is -1.38. The molecule has 1 aromatic heterocycles. The summed E-state index contributed by atoms with van der Waals surface area (Å²) >= 11 is 0. The Balaban J connectivity index is 2.51. The SMILES string of the molecule is O=C(O)c1cc2ccccc2n1CC(CO)CO. The van der Waals surface area contributed by atoms with Crippen LogP contribution >= 0.6 is 0 Å². The molecule has 5 heteroatoms. The monoisotopic (exact) mass is 249 g/mol. The molecule has 0 bridgehead atoms. The van der Waals surface area contributed by atoms with Crippen molar-refractivity contribution in [3.63, 3.8) is 0 Å². The Morgan fingerprint density at radius 2 is 1.89 bits per heavy atom. The first-order chi connectivity index (χ1) is 8.67. The minimum Gasteiger partial charge on any atom is -0.477 e. The van der Waals surface area contributed by atoms with Gasteiger partial charge in [0.15, 0.2) is 0 Å². The Kier molecular flexibility index (Phi) is 3.64. The molecular formula is C13H15NO4. The minimum absolute atomic E-state index is 0.170. The van der Waals surface area contributed by atoms with Crippen LogP contribution in [0.3, 0.4) is 0 Å². The van der Waals surface area contributed by atoms with Crippen molar-refractivity contribution in [2.24, 2.45) is 5.92 Å². The topological polar surface area (TPSA) is 82.7 Å². The van der Waals surface area contributed by atoms with Crippen LogP contribution in [0.15, 0.2) is 30.3 Å². The minimum atomic E-state index is -1.01. The van der Waals surface area contributed by atoms with Gasteiger partial charge in [-0.3, -0.25) is 0 Å². The molecule has 96 valence electrons. The number of aromatic nitrogens is 1. The predicted molar refractivity (Wildman–Crippen MR) is 66.6 cm³/mol. The second kappa shape index (κ2) is 5.20. The molecule has 0 atom stereocenters. The molecule has 0 saturated carbocycles. The summed E-state index contributed by atoms with van der Waals surface area (Å²) in [6.45, 7) is -0.0771. The summed E-state index contributed by atoms with van der Waals surface area (Å²) in [6, 6.07) is 8.94. The van der Waals surface area contributed by atoms with Gasteiger partial charge in [0.25, 0.3) is 0 Å². The van der Waals surface area contributed by atoms with Crippen molar-refractivity contribution in [3.05, 3.63) is 36.0 Å². The van der Waals surface area contributed by atoms with Crippen LogP contribution in [0.1, 0.15) is 10.5 Å². The molecule has 0 radical (unpaired) electrons. The maximum Gasteiger partial charge on any atom is 0.352 e. The van der Waals surface area contributed by atoms with Crippen molar-refractivity contribution < 1.29 is 20.1 Å². The number of hydrogen-bond acceptors (Lipinski definition) is 3. The summed E-state index contributed by atoms with van der Waals surface area (Å²) in [6.07, 6.45) is 0. The molecule has 0 aliphatic carbocycles. The van der Waals surface area contributed by atoms with E-state index in [4.69, 9.17) is 10.2 Å². The molecule has 0 fully saturated rings. The van der Waals surface area contributed by atoms with Crippen molar-refractivity contribution in [1.29, 1.82) is 0 Å². The number of aliphatic hydroxyl groups is 2. The second-order valence-corrected chi connectivity index (χ2v) is 4.24. The molecule has 2 aromatic rings. The van der Waals surface area contributed by atoms with Crippen molar-refractivity contribution in [2.75, 3.05) is 13.2 Å².